The van der Waals surface area contributed by atoms with Crippen LogP contribution in [-0.4, -0.2) is 33.1 Å². The van der Waals surface area contributed by atoms with Gasteiger partial charge in [-0.3, -0.25) is 5.32 Å². The standard InChI is InChI=1S/C12H16BNO3/c1-7-9-4-5-15-6-10-8(2)16-13(11(9)10)17-12(7)14-3/h4-5,8,12,14H,6H2,1-3H3/t8?,12-/m0/s1. The summed E-state index contributed by atoms with van der Waals surface area (Å²) in [4.78, 5) is 0. The average molecular weight is 233 g/mol. The van der Waals surface area contributed by atoms with Gasteiger partial charge in [0.1, 0.15) is 12.8 Å². The summed E-state index contributed by atoms with van der Waals surface area (Å²) >= 11 is 0. The Morgan fingerprint density at radius 1 is 1.41 bits per heavy atom. The van der Waals surface area contributed by atoms with Gasteiger partial charge in [0.05, 0.1) is 12.4 Å². The summed E-state index contributed by atoms with van der Waals surface area (Å²) in [6, 6.07) is 0. The normalized spacial score (nSPS) is 31.6. The monoisotopic (exact) mass is 233 g/mol. The minimum atomic E-state index is -0.262. The summed E-state index contributed by atoms with van der Waals surface area (Å²) < 4.78 is 17.2. The lowest BCUT2D eigenvalue weighted by Gasteiger charge is -2.29. The van der Waals surface area contributed by atoms with Crippen LogP contribution in [-0.2, 0) is 14.0 Å². The molecule has 0 saturated heterocycles. The van der Waals surface area contributed by atoms with Crippen LogP contribution in [0.3, 0.4) is 0 Å². The fraction of sp³-hybridized carbons (Fsp3) is 0.500. The number of nitrogens with one attached hydrogen (secondary N) is 1. The zero-order valence-electron chi connectivity index (χ0n) is 10.3. The van der Waals surface area contributed by atoms with Crippen molar-refractivity contribution < 1.29 is 14.0 Å². The molecule has 0 aromatic carbocycles. The number of ether oxygens (including phenoxy) is 1. The molecule has 3 rings (SSSR count). The molecule has 0 bridgehead atoms. The van der Waals surface area contributed by atoms with E-state index in [1.54, 1.807) is 6.26 Å². The number of allylic oxidation sites excluding steroid dienone is 3. The highest BCUT2D eigenvalue weighted by Crippen LogP contribution is 2.38. The highest BCUT2D eigenvalue weighted by Gasteiger charge is 2.45. The van der Waals surface area contributed by atoms with Gasteiger partial charge in [-0.15, -0.1) is 0 Å². The third-order valence-corrected chi connectivity index (χ3v) is 3.60. The highest BCUT2D eigenvalue weighted by atomic mass is 16.6. The van der Waals surface area contributed by atoms with Crippen LogP contribution in [0.25, 0.3) is 0 Å². The maximum absolute atomic E-state index is 5.90. The van der Waals surface area contributed by atoms with Crippen LogP contribution >= 0.6 is 0 Å². The molecular formula is C12H16BNO3. The van der Waals surface area contributed by atoms with E-state index < -0.39 is 0 Å². The highest BCUT2D eigenvalue weighted by molar-refractivity contribution is 6.57. The number of hydrogen-bond donors (Lipinski definition) is 1. The van der Waals surface area contributed by atoms with Crippen molar-refractivity contribution in [2.24, 2.45) is 0 Å². The summed E-state index contributed by atoms with van der Waals surface area (Å²) in [5.74, 6) is 0. The predicted molar refractivity (Wildman–Crippen MR) is 65.1 cm³/mol. The summed E-state index contributed by atoms with van der Waals surface area (Å²) in [5.41, 5.74) is 4.73. The van der Waals surface area contributed by atoms with Gasteiger partial charge in [0.25, 0.3) is 0 Å². The first kappa shape index (κ1) is 11.1. The van der Waals surface area contributed by atoms with E-state index in [-0.39, 0.29) is 19.5 Å². The second-order valence-corrected chi connectivity index (χ2v) is 4.56. The Morgan fingerprint density at radius 2 is 2.24 bits per heavy atom. The third-order valence-electron chi connectivity index (χ3n) is 3.60. The Hall–Kier alpha value is -1.04. The van der Waals surface area contributed by atoms with Gasteiger partial charge in [-0.05, 0) is 49.2 Å². The van der Waals surface area contributed by atoms with Crippen molar-refractivity contribution in [1.29, 1.82) is 0 Å². The summed E-state index contributed by atoms with van der Waals surface area (Å²) in [5, 5.41) is 3.15. The summed E-state index contributed by atoms with van der Waals surface area (Å²) in [6.07, 6.45) is 3.75. The molecule has 0 amide bonds. The molecule has 0 fully saturated rings. The van der Waals surface area contributed by atoms with Crippen molar-refractivity contribution in [3.63, 3.8) is 0 Å². The van der Waals surface area contributed by atoms with Crippen LogP contribution in [0.5, 0.6) is 0 Å². The molecule has 0 aliphatic carbocycles. The van der Waals surface area contributed by atoms with E-state index in [0.29, 0.717) is 6.61 Å². The van der Waals surface area contributed by atoms with Crippen LogP contribution < -0.4 is 5.32 Å². The molecule has 0 aromatic heterocycles. The molecule has 0 radical (unpaired) electrons. The van der Waals surface area contributed by atoms with Gasteiger partial charge in [0.15, 0.2) is 0 Å². The van der Waals surface area contributed by atoms with Gasteiger partial charge in [-0.2, -0.15) is 0 Å². The lowest BCUT2D eigenvalue weighted by Crippen LogP contribution is -2.42. The molecular weight excluding hydrogens is 217 g/mol. The molecule has 4 nitrogen and oxygen atoms in total. The SMILES string of the molecule is CN[C@H]1OB2OC(C)C3=C2C(=C1C)C=COC3. The van der Waals surface area contributed by atoms with E-state index in [1.807, 2.05) is 20.0 Å². The van der Waals surface area contributed by atoms with Crippen molar-refractivity contribution >= 4 is 7.12 Å². The lowest BCUT2D eigenvalue weighted by atomic mass is 9.69. The van der Waals surface area contributed by atoms with Crippen LogP contribution in [0, 0.1) is 0 Å². The zero-order valence-corrected chi connectivity index (χ0v) is 10.3. The van der Waals surface area contributed by atoms with E-state index in [9.17, 15) is 0 Å². The molecule has 5 heteroatoms. The van der Waals surface area contributed by atoms with Crippen molar-refractivity contribution in [1.82, 2.24) is 5.32 Å². The Labute approximate surface area is 101 Å². The first-order valence-electron chi connectivity index (χ1n) is 5.92. The van der Waals surface area contributed by atoms with Gasteiger partial charge < -0.3 is 14.0 Å². The Morgan fingerprint density at radius 3 is 3.00 bits per heavy atom. The van der Waals surface area contributed by atoms with Gasteiger partial charge in [-0.25, -0.2) is 0 Å². The van der Waals surface area contributed by atoms with Crippen molar-refractivity contribution in [3.05, 3.63) is 34.5 Å². The van der Waals surface area contributed by atoms with Gasteiger partial charge in [0.2, 0.25) is 0 Å². The number of rotatable bonds is 1. The van der Waals surface area contributed by atoms with Crippen LogP contribution in [0.1, 0.15) is 13.8 Å². The van der Waals surface area contributed by atoms with E-state index in [2.05, 4.69) is 12.2 Å². The summed E-state index contributed by atoms with van der Waals surface area (Å²) in [6.45, 7) is 4.71. The topological polar surface area (TPSA) is 39.7 Å². The first-order valence-corrected chi connectivity index (χ1v) is 5.92. The fourth-order valence-electron chi connectivity index (χ4n) is 2.64. The average Bonchev–Trinajstić information content (AvgIpc) is 2.53. The van der Waals surface area contributed by atoms with E-state index in [1.165, 1.54) is 16.7 Å². The second-order valence-electron chi connectivity index (χ2n) is 4.56. The summed E-state index contributed by atoms with van der Waals surface area (Å²) in [7, 11) is 1.63. The lowest BCUT2D eigenvalue weighted by molar-refractivity contribution is 0.129. The van der Waals surface area contributed by atoms with Gasteiger partial charge in [-0.1, -0.05) is 0 Å². The van der Waals surface area contributed by atoms with Gasteiger partial charge >= 0.3 is 7.12 Å². The molecule has 0 saturated carbocycles. The number of hydrogen-bond acceptors (Lipinski definition) is 4. The molecule has 17 heavy (non-hydrogen) atoms. The van der Waals surface area contributed by atoms with Crippen molar-refractivity contribution in [2.45, 2.75) is 26.2 Å². The molecule has 1 N–H and O–H groups in total. The number of likely N-dealkylation sites (N-methyl/N-ethyl adjacent to an activating group) is 1. The maximum atomic E-state index is 5.90. The van der Waals surface area contributed by atoms with Crippen LogP contribution in [0.2, 0.25) is 0 Å². The smallest absolute Gasteiger partial charge is 0.496 e. The Bertz CT molecular complexity index is 441. The fourth-order valence-corrected chi connectivity index (χ4v) is 2.64. The maximum Gasteiger partial charge on any atom is 0.496 e. The Balaban J connectivity index is 2.14. The van der Waals surface area contributed by atoms with Crippen molar-refractivity contribution in [3.8, 4) is 0 Å². The molecule has 0 spiro atoms. The van der Waals surface area contributed by atoms with Crippen LogP contribution in [0.4, 0.5) is 0 Å². The van der Waals surface area contributed by atoms with E-state index in [4.69, 9.17) is 14.0 Å². The minimum absolute atomic E-state index is 0.0632. The second kappa shape index (κ2) is 4.01. The molecule has 0 aromatic rings. The molecule has 3 aliphatic heterocycles. The quantitative estimate of drug-likeness (QED) is 0.690. The largest absolute Gasteiger partial charge is 0.497 e. The minimum Gasteiger partial charge on any atom is -0.497 e. The molecule has 3 heterocycles. The van der Waals surface area contributed by atoms with Crippen molar-refractivity contribution in [2.75, 3.05) is 13.7 Å². The van der Waals surface area contributed by atoms with Crippen LogP contribution in [0.15, 0.2) is 34.5 Å². The van der Waals surface area contributed by atoms with E-state index >= 15 is 0 Å². The zero-order chi connectivity index (χ0) is 12.0. The molecule has 2 atom stereocenters. The third kappa shape index (κ3) is 1.57. The first-order chi connectivity index (χ1) is 8.22. The molecule has 1 unspecified atom stereocenters. The predicted octanol–water partition coefficient (Wildman–Crippen LogP) is 1.17. The van der Waals surface area contributed by atoms with E-state index in [0.717, 1.165) is 5.47 Å². The molecule has 90 valence electrons. The Kier molecular flexibility index (Phi) is 2.62. The molecule has 3 aliphatic rings. The van der Waals surface area contributed by atoms with Gasteiger partial charge in [0, 0.05) is 0 Å².